The SMILES string of the molecule is CS(=O)(=O)c1cccc(N2CCN(c3ncnc4ccc(-c5cn[nH]c5-c5ccc6c(c5)OCO6)cc34)CC2)c1. The summed E-state index contributed by atoms with van der Waals surface area (Å²) in [7, 11) is -3.26. The van der Waals surface area contributed by atoms with Crippen LogP contribution in [0.3, 0.4) is 0 Å². The molecule has 1 saturated heterocycles. The van der Waals surface area contributed by atoms with Gasteiger partial charge < -0.3 is 19.3 Å². The van der Waals surface area contributed by atoms with Gasteiger partial charge in [0.2, 0.25) is 6.79 Å². The molecule has 0 atom stereocenters. The van der Waals surface area contributed by atoms with E-state index in [-0.39, 0.29) is 6.79 Å². The first-order valence-corrected chi connectivity index (χ1v) is 14.8. The fraction of sp³-hybridized carbons (Fsp3) is 0.207. The van der Waals surface area contributed by atoms with Crippen LogP contribution in [-0.2, 0) is 9.84 Å². The van der Waals surface area contributed by atoms with Crippen molar-refractivity contribution in [3.63, 3.8) is 0 Å². The summed E-state index contributed by atoms with van der Waals surface area (Å²) in [5.74, 6) is 2.33. The van der Waals surface area contributed by atoms with Crippen LogP contribution in [-0.4, -0.2) is 67.8 Å². The predicted octanol–water partition coefficient (Wildman–Crippen LogP) is 4.15. The van der Waals surface area contributed by atoms with E-state index in [2.05, 4.69) is 36.0 Å². The van der Waals surface area contributed by atoms with E-state index in [9.17, 15) is 8.42 Å². The minimum absolute atomic E-state index is 0.226. The van der Waals surface area contributed by atoms with Gasteiger partial charge in [-0.3, -0.25) is 5.10 Å². The number of sulfone groups is 1. The molecule has 0 saturated carbocycles. The Bertz CT molecular complexity index is 1850. The number of anilines is 2. The molecule has 1 N–H and O–H groups in total. The number of aromatic amines is 1. The van der Waals surface area contributed by atoms with E-state index >= 15 is 0 Å². The molecular formula is C29H26N6O4S. The van der Waals surface area contributed by atoms with Gasteiger partial charge in [-0.25, -0.2) is 18.4 Å². The van der Waals surface area contributed by atoms with Gasteiger partial charge >= 0.3 is 0 Å². The molecule has 7 rings (SSSR count). The van der Waals surface area contributed by atoms with Crippen LogP contribution in [0.15, 0.2) is 78.1 Å². The Balaban J connectivity index is 1.17. The summed E-state index contributed by atoms with van der Waals surface area (Å²) in [6.07, 6.45) is 4.67. The predicted molar refractivity (Wildman–Crippen MR) is 153 cm³/mol. The molecule has 2 aliphatic rings. The first-order valence-electron chi connectivity index (χ1n) is 12.9. The molecule has 1 fully saturated rings. The lowest BCUT2D eigenvalue weighted by molar-refractivity contribution is 0.174. The standard InChI is InChI=1S/C29H26N6O4S/c1-40(36,37)22-4-2-3-21(15-22)34-9-11-35(12-10-34)29-23-13-19(5-7-25(23)30-17-31-29)24-16-32-33-28(24)20-6-8-26-27(14-20)39-18-38-26/h2-8,13-17H,9-12,18H2,1H3,(H,32,33). The van der Waals surface area contributed by atoms with Gasteiger partial charge in [-0.2, -0.15) is 5.10 Å². The second-order valence-corrected chi connectivity index (χ2v) is 11.9. The van der Waals surface area contributed by atoms with Crippen molar-refractivity contribution in [1.82, 2.24) is 20.2 Å². The molecule has 5 aromatic rings. The third kappa shape index (κ3) is 4.37. The largest absolute Gasteiger partial charge is 0.454 e. The van der Waals surface area contributed by atoms with E-state index < -0.39 is 9.84 Å². The zero-order chi connectivity index (χ0) is 27.3. The van der Waals surface area contributed by atoms with Crippen LogP contribution in [0.4, 0.5) is 11.5 Å². The maximum Gasteiger partial charge on any atom is 0.231 e. The average Bonchev–Trinajstić information content (AvgIpc) is 3.66. The van der Waals surface area contributed by atoms with Crippen LogP contribution in [0.25, 0.3) is 33.3 Å². The molecule has 40 heavy (non-hydrogen) atoms. The Morgan fingerprint density at radius 1 is 0.850 bits per heavy atom. The third-order valence-electron chi connectivity index (χ3n) is 7.42. The molecule has 0 spiro atoms. The van der Waals surface area contributed by atoms with Crippen LogP contribution in [0.5, 0.6) is 11.5 Å². The smallest absolute Gasteiger partial charge is 0.231 e. The first kappa shape index (κ1) is 24.4. The number of fused-ring (bicyclic) bond motifs is 2. The maximum atomic E-state index is 12.0. The van der Waals surface area contributed by atoms with Crippen molar-refractivity contribution in [2.75, 3.05) is 49.0 Å². The third-order valence-corrected chi connectivity index (χ3v) is 8.53. The number of hydrogen-bond donors (Lipinski definition) is 1. The molecule has 11 heteroatoms. The van der Waals surface area contributed by atoms with E-state index in [0.29, 0.717) is 4.90 Å². The van der Waals surface area contributed by atoms with Crippen molar-refractivity contribution in [3.8, 4) is 33.9 Å². The molecule has 0 radical (unpaired) electrons. The molecule has 3 aromatic carbocycles. The summed E-state index contributed by atoms with van der Waals surface area (Å²) in [6.45, 7) is 3.20. The van der Waals surface area contributed by atoms with Gasteiger partial charge in [0.15, 0.2) is 21.3 Å². The first-order chi connectivity index (χ1) is 19.4. The maximum absolute atomic E-state index is 12.0. The number of aromatic nitrogens is 4. The van der Waals surface area contributed by atoms with E-state index in [1.807, 2.05) is 42.6 Å². The van der Waals surface area contributed by atoms with Crippen molar-refractivity contribution in [1.29, 1.82) is 0 Å². The quantitative estimate of drug-likeness (QED) is 0.342. The molecule has 0 bridgehead atoms. The zero-order valence-corrected chi connectivity index (χ0v) is 22.6. The molecule has 2 aromatic heterocycles. The van der Waals surface area contributed by atoms with Crippen LogP contribution in [0.1, 0.15) is 0 Å². The Morgan fingerprint density at radius 3 is 2.50 bits per heavy atom. The van der Waals surface area contributed by atoms with Crippen molar-refractivity contribution >= 4 is 32.2 Å². The lowest BCUT2D eigenvalue weighted by atomic mass is 10.00. The van der Waals surface area contributed by atoms with E-state index in [1.54, 1.807) is 24.5 Å². The highest BCUT2D eigenvalue weighted by molar-refractivity contribution is 7.90. The number of hydrogen-bond acceptors (Lipinski definition) is 9. The van der Waals surface area contributed by atoms with Gasteiger partial charge in [0.25, 0.3) is 0 Å². The van der Waals surface area contributed by atoms with Gasteiger partial charge in [-0.1, -0.05) is 12.1 Å². The van der Waals surface area contributed by atoms with Crippen molar-refractivity contribution in [2.24, 2.45) is 0 Å². The summed E-state index contributed by atoms with van der Waals surface area (Å²) >= 11 is 0. The Morgan fingerprint density at radius 2 is 1.65 bits per heavy atom. The minimum atomic E-state index is -3.26. The van der Waals surface area contributed by atoms with Crippen LogP contribution >= 0.6 is 0 Å². The lowest BCUT2D eigenvalue weighted by Gasteiger charge is -2.37. The molecule has 2 aliphatic heterocycles. The Labute approximate surface area is 231 Å². The lowest BCUT2D eigenvalue weighted by Crippen LogP contribution is -2.47. The number of benzene rings is 3. The monoisotopic (exact) mass is 554 g/mol. The van der Waals surface area contributed by atoms with E-state index in [1.165, 1.54) is 6.26 Å². The Kier molecular flexibility index (Phi) is 5.81. The van der Waals surface area contributed by atoms with Crippen LogP contribution < -0.4 is 19.3 Å². The number of piperazine rings is 1. The van der Waals surface area contributed by atoms with Gasteiger partial charge in [0.05, 0.1) is 22.3 Å². The molecule has 0 unspecified atom stereocenters. The number of ether oxygens (including phenoxy) is 2. The highest BCUT2D eigenvalue weighted by Gasteiger charge is 2.22. The van der Waals surface area contributed by atoms with Crippen molar-refractivity contribution in [2.45, 2.75) is 4.90 Å². The summed E-state index contributed by atoms with van der Waals surface area (Å²) in [5, 5.41) is 8.44. The normalized spacial score (nSPS) is 15.1. The molecule has 4 heterocycles. The highest BCUT2D eigenvalue weighted by atomic mass is 32.2. The molecule has 202 valence electrons. The summed E-state index contributed by atoms with van der Waals surface area (Å²) in [5.41, 5.74) is 5.59. The number of rotatable bonds is 5. The summed E-state index contributed by atoms with van der Waals surface area (Å²) in [4.78, 5) is 14.0. The molecule has 0 aliphatic carbocycles. The average molecular weight is 555 g/mol. The van der Waals surface area contributed by atoms with Crippen molar-refractivity contribution in [3.05, 3.63) is 73.2 Å². The summed E-state index contributed by atoms with van der Waals surface area (Å²) < 4.78 is 35.1. The van der Waals surface area contributed by atoms with Gasteiger partial charge in [-0.05, 0) is 54.1 Å². The van der Waals surface area contributed by atoms with E-state index in [4.69, 9.17) is 9.47 Å². The van der Waals surface area contributed by atoms with E-state index in [0.717, 1.165) is 82.5 Å². The number of H-pyrrole nitrogens is 1. The van der Waals surface area contributed by atoms with Gasteiger partial charge in [-0.15, -0.1) is 0 Å². The number of nitrogens with one attached hydrogen (secondary N) is 1. The second-order valence-electron chi connectivity index (χ2n) is 9.90. The second kappa shape index (κ2) is 9.53. The Hall–Kier alpha value is -4.64. The van der Waals surface area contributed by atoms with Crippen LogP contribution in [0, 0.1) is 0 Å². The van der Waals surface area contributed by atoms with Gasteiger partial charge in [0.1, 0.15) is 12.1 Å². The molecular weight excluding hydrogens is 528 g/mol. The molecule has 0 amide bonds. The van der Waals surface area contributed by atoms with Crippen LogP contribution in [0.2, 0.25) is 0 Å². The minimum Gasteiger partial charge on any atom is -0.454 e. The summed E-state index contributed by atoms with van der Waals surface area (Å²) in [6, 6.07) is 19.2. The van der Waals surface area contributed by atoms with Crippen molar-refractivity contribution < 1.29 is 17.9 Å². The number of nitrogens with zero attached hydrogens (tertiary/aromatic N) is 5. The zero-order valence-electron chi connectivity index (χ0n) is 21.7. The van der Waals surface area contributed by atoms with Gasteiger partial charge in [0, 0.05) is 54.6 Å². The highest BCUT2D eigenvalue weighted by Crippen LogP contribution is 2.39. The fourth-order valence-corrected chi connectivity index (χ4v) is 5.99. The fourth-order valence-electron chi connectivity index (χ4n) is 5.33. The molecule has 10 nitrogen and oxygen atoms in total. The topological polar surface area (TPSA) is 114 Å².